The molecule has 1 N–H and O–H groups in total. The molecule has 0 atom stereocenters. The van der Waals surface area contributed by atoms with Gasteiger partial charge in [0.15, 0.2) is 11.6 Å². The molecular formula is C12H14FN3OS. The van der Waals surface area contributed by atoms with E-state index in [4.69, 9.17) is 5.11 Å². The van der Waals surface area contributed by atoms with Gasteiger partial charge in [-0.2, -0.15) is 0 Å². The summed E-state index contributed by atoms with van der Waals surface area (Å²) in [4.78, 5) is 11.0. The van der Waals surface area contributed by atoms with Crippen molar-refractivity contribution in [1.82, 2.24) is 9.97 Å². The fourth-order valence-electron chi connectivity index (χ4n) is 1.63. The van der Waals surface area contributed by atoms with Crippen LogP contribution in [0.3, 0.4) is 0 Å². The van der Waals surface area contributed by atoms with Crippen LogP contribution in [0.5, 0.6) is 0 Å². The molecule has 2 aromatic rings. The van der Waals surface area contributed by atoms with Crippen LogP contribution in [-0.2, 0) is 13.2 Å². The second kappa shape index (κ2) is 5.41. The summed E-state index contributed by atoms with van der Waals surface area (Å²) in [6.45, 7) is 2.15. The number of aliphatic hydroxyl groups excluding tert-OH is 1. The van der Waals surface area contributed by atoms with Gasteiger partial charge in [0.1, 0.15) is 0 Å². The number of aliphatic hydroxyl groups is 1. The largest absolute Gasteiger partial charge is 0.392 e. The van der Waals surface area contributed by atoms with E-state index in [1.165, 1.54) is 23.6 Å². The van der Waals surface area contributed by atoms with Gasteiger partial charge in [0.2, 0.25) is 0 Å². The molecule has 2 rings (SSSR count). The van der Waals surface area contributed by atoms with Crippen molar-refractivity contribution in [3.63, 3.8) is 0 Å². The number of aryl methyl sites for hydroxylation is 1. The van der Waals surface area contributed by atoms with Gasteiger partial charge in [0, 0.05) is 23.7 Å². The summed E-state index contributed by atoms with van der Waals surface area (Å²) in [6, 6.07) is 1.48. The Morgan fingerprint density at radius 3 is 2.83 bits per heavy atom. The molecule has 0 bridgehead atoms. The highest BCUT2D eigenvalue weighted by molar-refractivity contribution is 7.09. The van der Waals surface area contributed by atoms with Crippen LogP contribution in [0, 0.1) is 12.7 Å². The number of hydrogen-bond donors (Lipinski definition) is 1. The van der Waals surface area contributed by atoms with E-state index in [9.17, 15) is 4.39 Å². The number of thiazole rings is 1. The van der Waals surface area contributed by atoms with Gasteiger partial charge in [-0.3, -0.25) is 0 Å². The second-order valence-corrected chi connectivity index (χ2v) is 4.92. The molecule has 96 valence electrons. The summed E-state index contributed by atoms with van der Waals surface area (Å²) in [5.74, 6) is -0.223. The molecule has 0 spiro atoms. The van der Waals surface area contributed by atoms with Crippen molar-refractivity contribution in [2.24, 2.45) is 0 Å². The average Bonchev–Trinajstić information content (AvgIpc) is 2.75. The van der Waals surface area contributed by atoms with Crippen molar-refractivity contribution in [2.45, 2.75) is 20.1 Å². The van der Waals surface area contributed by atoms with E-state index in [2.05, 4.69) is 9.97 Å². The Morgan fingerprint density at radius 1 is 1.44 bits per heavy atom. The van der Waals surface area contributed by atoms with Crippen molar-refractivity contribution in [3.05, 3.63) is 39.7 Å². The third-order valence-corrected chi connectivity index (χ3v) is 3.63. The van der Waals surface area contributed by atoms with Crippen LogP contribution >= 0.6 is 11.3 Å². The summed E-state index contributed by atoms with van der Waals surface area (Å²) in [5, 5.41) is 9.03. The Labute approximate surface area is 109 Å². The molecule has 0 unspecified atom stereocenters. The zero-order chi connectivity index (χ0) is 13.1. The van der Waals surface area contributed by atoms with Gasteiger partial charge in [-0.15, -0.1) is 11.3 Å². The van der Waals surface area contributed by atoms with E-state index >= 15 is 0 Å². The third-order valence-electron chi connectivity index (χ3n) is 2.71. The molecular weight excluding hydrogens is 253 g/mol. The van der Waals surface area contributed by atoms with Crippen molar-refractivity contribution < 1.29 is 9.50 Å². The predicted molar refractivity (Wildman–Crippen MR) is 69.1 cm³/mol. The molecule has 4 nitrogen and oxygen atoms in total. The topological polar surface area (TPSA) is 49.2 Å². The molecule has 0 radical (unpaired) electrons. The first kappa shape index (κ1) is 12.9. The minimum absolute atomic E-state index is 0.245. The van der Waals surface area contributed by atoms with Gasteiger partial charge in [-0.1, -0.05) is 0 Å². The van der Waals surface area contributed by atoms with E-state index in [0.717, 1.165) is 10.6 Å². The standard InChI is InChI=1S/C12H14FN3OS/c1-8-10(18-7-15-8)5-16(2)12-11(13)9(6-17)3-4-14-12/h3-4,7,17H,5-6H2,1-2H3. The fourth-order valence-corrected chi connectivity index (χ4v) is 2.46. The lowest BCUT2D eigenvalue weighted by molar-refractivity contribution is 0.275. The van der Waals surface area contributed by atoms with E-state index in [0.29, 0.717) is 6.54 Å². The lowest BCUT2D eigenvalue weighted by atomic mass is 10.2. The first-order chi connectivity index (χ1) is 8.63. The SMILES string of the molecule is Cc1ncsc1CN(C)c1nccc(CO)c1F. The molecule has 0 aromatic carbocycles. The van der Waals surface area contributed by atoms with Crippen LogP contribution < -0.4 is 4.90 Å². The molecule has 2 aromatic heterocycles. The summed E-state index contributed by atoms with van der Waals surface area (Å²) >= 11 is 1.54. The van der Waals surface area contributed by atoms with Crippen molar-refractivity contribution in [3.8, 4) is 0 Å². The van der Waals surface area contributed by atoms with Gasteiger partial charge >= 0.3 is 0 Å². The number of aromatic nitrogens is 2. The van der Waals surface area contributed by atoms with Gasteiger partial charge in [0.25, 0.3) is 0 Å². The molecule has 0 saturated heterocycles. The molecule has 6 heteroatoms. The molecule has 0 saturated carbocycles. The summed E-state index contributed by atoms with van der Waals surface area (Å²) < 4.78 is 14.0. The first-order valence-corrected chi connectivity index (χ1v) is 6.35. The Morgan fingerprint density at radius 2 is 2.22 bits per heavy atom. The summed E-state index contributed by atoms with van der Waals surface area (Å²) in [6.07, 6.45) is 1.50. The lowest BCUT2D eigenvalue weighted by Gasteiger charge is -2.18. The van der Waals surface area contributed by atoms with Crippen LogP contribution in [0.4, 0.5) is 10.2 Å². The van der Waals surface area contributed by atoms with E-state index in [-0.39, 0.29) is 18.0 Å². The third kappa shape index (κ3) is 2.49. The van der Waals surface area contributed by atoms with Crippen molar-refractivity contribution >= 4 is 17.2 Å². The van der Waals surface area contributed by atoms with E-state index in [1.54, 1.807) is 17.5 Å². The Balaban J connectivity index is 2.24. The predicted octanol–water partition coefficient (Wildman–Crippen LogP) is 2.11. The molecule has 0 amide bonds. The minimum atomic E-state index is -0.468. The van der Waals surface area contributed by atoms with Gasteiger partial charge in [-0.25, -0.2) is 14.4 Å². The number of halogens is 1. The quantitative estimate of drug-likeness (QED) is 0.921. The van der Waals surface area contributed by atoms with Crippen LogP contribution in [-0.4, -0.2) is 22.1 Å². The summed E-state index contributed by atoms with van der Waals surface area (Å²) in [5.41, 5.74) is 2.98. The molecule has 0 aliphatic carbocycles. The highest BCUT2D eigenvalue weighted by Gasteiger charge is 2.14. The summed E-state index contributed by atoms with van der Waals surface area (Å²) in [7, 11) is 1.77. The maximum absolute atomic E-state index is 14.0. The number of hydrogen-bond acceptors (Lipinski definition) is 5. The molecule has 2 heterocycles. The monoisotopic (exact) mass is 267 g/mol. The van der Waals surface area contributed by atoms with Gasteiger partial charge < -0.3 is 10.0 Å². The van der Waals surface area contributed by atoms with Crippen LogP contribution in [0.25, 0.3) is 0 Å². The minimum Gasteiger partial charge on any atom is -0.392 e. The lowest BCUT2D eigenvalue weighted by Crippen LogP contribution is -2.19. The number of rotatable bonds is 4. The Kier molecular flexibility index (Phi) is 3.88. The van der Waals surface area contributed by atoms with E-state index in [1.807, 2.05) is 6.92 Å². The molecule has 0 aliphatic heterocycles. The normalized spacial score (nSPS) is 10.7. The molecule has 0 fully saturated rings. The van der Waals surface area contributed by atoms with Crippen LogP contribution in [0.15, 0.2) is 17.8 Å². The zero-order valence-corrected chi connectivity index (χ0v) is 11.0. The van der Waals surface area contributed by atoms with Gasteiger partial charge in [0.05, 0.1) is 24.4 Å². The molecule has 0 aliphatic rings. The number of nitrogens with zero attached hydrogens (tertiary/aromatic N) is 3. The van der Waals surface area contributed by atoms with Crippen LogP contribution in [0.1, 0.15) is 16.1 Å². The maximum Gasteiger partial charge on any atom is 0.171 e. The molecule has 18 heavy (non-hydrogen) atoms. The number of anilines is 1. The van der Waals surface area contributed by atoms with Crippen molar-refractivity contribution in [2.75, 3.05) is 11.9 Å². The van der Waals surface area contributed by atoms with Crippen LogP contribution in [0.2, 0.25) is 0 Å². The Hall–Kier alpha value is -1.53. The van der Waals surface area contributed by atoms with Gasteiger partial charge in [-0.05, 0) is 13.0 Å². The first-order valence-electron chi connectivity index (χ1n) is 5.47. The maximum atomic E-state index is 14.0. The number of pyridine rings is 1. The Bertz CT molecular complexity index is 544. The highest BCUT2D eigenvalue weighted by Crippen LogP contribution is 2.22. The second-order valence-electron chi connectivity index (χ2n) is 3.98. The average molecular weight is 267 g/mol. The fraction of sp³-hybridized carbons (Fsp3) is 0.333. The van der Waals surface area contributed by atoms with E-state index < -0.39 is 5.82 Å². The zero-order valence-electron chi connectivity index (χ0n) is 10.2. The smallest absolute Gasteiger partial charge is 0.171 e. The highest BCUT2D eigenvalue weighted by atomic mass is 32.1. The van der Waals surface area contributed by atoms with Crippen molar-refractivity contribution in [1.29, 1.82) is 0 Å².